The van der Waals surface area contributed by atoms with Crippen LogP contribution in [0.3, 0.4) is 0 Å². The molecule has 0 radical (unpaired) electrons. The summed E-state index contributed by atoms with van der Waals surface area (Å²) in [5.74, 6) is -0.538. The van der Waals surface area contributed by atoms with Gasteiger partial charge in [0.05, 0.1) is 18.3 Å². The number of allylic oxidation sites excluding steroid dienone is 1. The highest BCUT2D eigenvalue weighted by Gasteiger charge is 2.18. The van der Waals surface area contributed by atoms with E-state index in [0.29, 0.717) is 6.42 Å². The summed E-state index contributed by atoms with van der Waals surface area (Å²) in [6, 6.07) is 0. The number of rotatable bonds is 15. The number of carbonyl (C=O) groups is 1. The van der Waals surface area contributed by atoms with Gasteiger partial charge in [-0.1, -0.05) is 31.9 Å². The van der Waals surface area contributed by atoms with Crippen LogP contribution in [-0.2, 0) is 9.53 Å². The quantitative estimate of drug-likeness (QED) is 0.182. The number of ether oxygens (including phenoxy) is 1. The van der Waals surface area contributed by atoms with Gasteiger partial charge in [0, 0.05) is 12.5 Å². The Morgan fingerprint density at radius 2 is 1.84 bits per heavy atom. The van der Waals surface area contributed by atoms with Crippen molar-refractivity contribution in [2.75, 3.05) is 0 Å². The van der Waals surface area contributed by atoms with E-state index in [4.69, 9.17) is 4.74 Å². The topological polar surface area (TPSA) is 87.0 Å². The molecule has 25 heavy (non-hydrogen) atoms. The molecule has 5 heteroatoms. The minimum Gasteiger partial charge on any atom is -0.459 e. The summed E-state index contributed by atoms with van der Waals surface area (Å²) in [6.45, 7) is 9.30. The number of hydrogen-bond donors (Lipinski definition) is 3. The number of hydrogen-bond acceptors (Lipinski definition) is 5. The van der Waals surface area contributed by atoms with E-state index >= 15 is 0 Å². The molecule has 0 spiro atoms. The Labute approximate surface area is 151 Å². The summed E-state index contributed by atoms with van der Waals surface area (Å²) < 4.78 is 5.42. The van der Waals surface area contributed by atoms with Crippen molar-refractivity contribution in [1.29, 1.82) is 0 Å². The molecule has 0 amide bonds. The van der Waals surface area contributed by atoms with Crippen LogP contribution in [0.25, 0.3) is 0 Å². The summed E-state index contributed by atoms with van der Waals surface area (Å²) in [5, 5.41) is 29.2. The van der Waals surface area contributed by atoms with Crippen molar-refractivity contribution in [3.63, 3.8) is 0 Å². The first-order valence-corrected chi connectivity index (χ1v) is 9.09. The molecule has 0 saturated carbocycles. The van der Waals surface area contributed by atoms with E-state index in [0.717, 1.165) is 44.6 Å². The third kappa shape index (κ3) is 12.6. The maximum absolute atomic E-state index is 11.9. The van der Waals surface area contributed by atoms with Gasteiger partial charge in [0.1, 0.15) is 6.10 Å². The van der Waals surface area contributed by atoms with Crippen LogP contribution < -0.4 is 0 Å². The fourth-order valence-corrected chi connectivity index (χ4v) is 2.40. The average Bonchev–Trinajstić information content (AvgIpc) is 2.57. The number of unbranched alkanes of at least 4 members (excludes halogenated alkanes) is 2. The molecule has 144 valence electrons. The number of aliphatic hydroxyl groups is 3. The maximum Gasteiger partial charge on any atom is 0.330 e. The molecule has 0 fully saturated rings. The molecular weight excluding hydrogens is 320 g/mol. The molecule has 3 N–H and O–H groups in total. The highest BCUT2D eigenvalue weighted by atomic mass is 16.5. The molecule has 0 saturated heterocycles. The number of esters is 1. The molecule has 4 atom stereocenters. The van der Waals surface area contributed by atoms with Crippen LogP contribution in [-0.4, -0.2) is 45.7 Å². The summed E-state index contributed by atoms with van der Waals surface area (Å²) in [6.07, 6.45) is 8.17. The van der Waals surface area contributed by atoms with E-state index in [1.54, 1.807) is 12.2 Å². The van der Waals surface area contributed by atoms with Crippen molar-refractivity contribution in [1.82, 2.24) is 0 Å². The van der Waals surface area contributed by atoms with Gasteiger partial charge < -0.3 is 20.1 Å². The van der Waals surface area contributed by atoms with Gasteiger partial charge in [0.25, 0.3) is 0 Å². The van der Waals surface area contributed by atoms with Crippen LogP contribution in [0.4, 0.5) is 0 Å². The lowest BCUT2D eigenvalue weighted by Gasteiger charge is -2.18. The van der Waals surface area contributed by atoms with Crippen LogP contribution in [0.1, 0.15) is 58.3 Å². The molecule has 5 nitrogen and oxygen atoms in total. The minimum atomic E-state index is -1.24. The van der Waals surface area contributed by atoms with Gasteiger partial charge in [-0.15, -0.1) is 13.2 Å². The predicted molar refractivity (Wildman–Crippen MR) is 100 cm³/mol. The Balaban J connectivity index is 4.41. The Bertz CT molecular complexity index is 405. The zero-order valence-corrected chi connectivity index (χ0v) is 15.3. The molecule has 0 aromatic rings. The van der Waals surface area contributed by atoms with Crippen molar-refractivity contribution in [2.45, 2.75) is 82.7 Å². The smallest absolute Gasteiger partial charge is 0.330 e. The first kappa shape index (κ1) is 23.6. The van der Waals surface area contributed by atoms with Crippen LogP contribution in [0.5, 0.6) is 0 Å². The van der Waals surface area contributed by atoms with E-state index in [9.17, 15) is 20.1 Å². The first-order chi connectivity index (χ1) is 11.9. The van der Waals surface area contributed by atoms with Crippen molar-refractivity contribution in [2.24, 2.45) is 0 Å². The molecular formula is C20H34O5. The van der Waals surface area contributed by atoms with Gasteiger partial charge >= 0.3 is 5.97 Å². The van der Waals surface area contributed by atoms with Gasteiger partial charge in [0.15, 0.2) is 0 Å². The molecule has 0 aliphatic heterocycles. The molecule has 0 rings (SSSR count). The van der Waals surface area contributed by atoms with E-state index in [-0.39, 0.29) is 12.5 Å². The van der Waals surface area contributed by atoms with E-state index < -0.39 is 24.3 Å². The highest BCUT2D eigenvalue weighted by molar-refractivity contribution is 5.82. The monoisotopic (exact) mass is 354 g/mol. The zero-order chi connectivity index (χ0) is 19.1. The van der Waals surface area contributed by atoms with E-state index in [1.165, 1.54) is 6.08 Å². The fourth-order valence-electron chi connectivity index (χ4n) is 2.40. The lowest BCUT2D eigenvalue weighted by atomic mass is 10.0. The predicted octanol–water partition coefficient (Wildman–Crippen LogP) is 3.05. The Hall–Kier alpha value is -1.43. The van der Waals surface area contributed by atoms with Gasteiger partial charge in [0.2, 0.25) is 0 Å². The summed E-state index contributed by atoms with van der Waals surface area (Å²) in [5.41, 5.74) is 0. The molecule has 0 aliphatic rings. The average molecular weight is 354 g/mol. The minimum absolute atomic E-state index is 0.00551. The fraction of sp³-hybridized carbons (Fsp3) is 0.650. The zero-order valence-electron chi connectivity index (χ0n) is 15.3. The van der Waals surface area contributed by atoms with Gasteiger partial charge in [-0.2, -0.15) is 0 Å². The summed E-state index contributed by atoms with van der Waals surface area (Å²) in [7, 11) is 0. The second-order valence-electron chi connectivity index (χ2n) is 6.25. The van der Waals surface area contributed by atoms with Crippen LogP contribution in [0.2, 0.25) is 0 Å². The Kier molecular flexibility index (Phi) is 14.0. The molecule has 0 unspecified atom stereocenters. The van der Waals surface area contributed by atoms with Crippen LogP contribution in [0, 0.1) is 0 Å². The van der Waals surface area contributed by atoms with E-state index in [2.05, 4.69) is 20.1 Å². The largest absolute Gasteiger partial charge is 0.459 e. The number of aliphatic hydroxyl groups excluding tert-OH is 3. The number of carbonyl (C=O) groups excluding carboxylic acids is 1. The lowest BCUT2D eigenvalue weighted by Crippen LogP contribution is -2.28. The normalized spacial score (nSPS) is 16.2. The third-order valence-corrected chi connectivity index (χ3v) is 3.88. The molecule has 0 aliphatic carbocycles. The van der Waals surface area contributed by atoms with Crippen molar-refractivity contribution < 1.29 is 24.9 Å². The maximum atomic E-state index is 11.9. The van der Waals surface area contributed by atoms with Crippen molar-refractivity contribution in [3.05, 3.63) is 37.5 Å². The standard InChI is InChI=1S/C20H34O5/c1-4-7-9-12-17(11-8-5-2)25-20(24)14-13-18(22)19(23)15-16(21)10-6-3/h5-6,13-14,16-19,21-23H,2-4,7-12,15H2,1H3/b14-13+/t16-,17+,18-,19-/m1/s1. The Morgan fingerprint density at radius 1 is 1.12 bits per heavy atom. The SMILES string of the molecule is C=CCC[C@@H](CCCCC)OC(=O)/C=C/[C@@H](O)[C@H](O)C[C@H](O)CC=C. The molecule has 0 heterocycles. The van der Waals surface area contributed by atoms with Crippen molar-refractivity contribution >= 4 is 5.97 Å². The Morgan fingerprint density at radius 3 is 2.44 bits per heavy atom. The lowest BCUT2D eigenvalue weighted by molar-refractivity contribution is -0.143. The third-order valence-electron chi connectivity index (χ3n) is 3.88. The first-order valence-electron chi connectivity index (χ1n) is 9.09. The van der Waals surface area contributed by atoms with Gasteiger partial charge in [-0.25, -0.2) is 4.79 Å². The summed E-state index contributed by atoms with van der Waals surface area (Å²) in [4.78, 5) is 11.9. The molecule has 0 bridgehead atoms. The van der Waals surface area contributed by atoms with Gasteiger partial charge in [-0.05, 0) is 38.2 Å². The second kappa shape index (κ2) is 14.9. The highest BCUT2D eigenvalue weighted by Crippen LogP contribution is 2.13. The summed E-state index contributed by atoms with van der Waals surface area (Å²) >= 11 is 0. The molecule has 0 aromatic carbocycles. The van der Waals surface area contributed by atoms with Crippen LogP contribution in [0.15, 0.2) is 37.5 Å². The molecule has 0 aromatic heterocycles. The second-order valence-corrected chi connectivity index (χ2v) is 6.25. The van der Waals surface area contributed by atoms with Gasteiger partial charge in [-0.3, -0.25) is 0 Å². The van der Waals surface area contributed by atoms with Crippen molar-refractivity contribution in [3.8, 4) is 0 Å². The van der Waals surface area contributed by atoms with E-state index in [1.807, 2.05) is 0 Å². The van der Waals surface area contributed by atoms with Crippen LogP contribution >= 0.6 is 0 Å².